The van der Waals surface area contributed by atoms with Gasteiger partial charge in [0.25, 0.3) is 0 Å². The molecule has 0 aliphatic rings. The number of nitrogens with zero attached hydrogens (tertiary/aromatic N) is 4. The van der Waals surface area contributed by atoms with Gasteiger partial charge in [0.1, 0.15) is 16.6 Å². The molecule has 0 N–H and O–H groups in total. The van der Waals surface area contributed by atoms with E-state index in [-0.39, 0.29) is 0 Å². The van der Waals surface area contributed by atoms with Crippen LogP contribution in [0.1, 0.15) is 0 Å². The van der Waals surface area contributed by atoms with E-state index in [1.807, 2.05) is 84.9 Å². The van der Waals surface area contributed by atoms with E-state index in [1.165, 1.54) is 0 Å². The van der Waals surface area contributed by atoms with Gasteiger partial charge in [-0.2, -0.15) is 0 Å². The van der Waals surface area contributed by atoms with Crippen molar-refractivity contribution >= 4 is 50.4 Å². The number of fused-ring (bicyclic) bond motifs is 3. The third-order valence-corrected chi connectivity index (χ3v) is 10.4. The summed E-state index contributed by atoms with van der Waals surface area (Å²) in [6, 6.07) is 65.5. The normalized spacial score (nSPS) is 11.4. The van der Waals surface area contributed by atoms with Crippen molar-refractivity contribution in [1.29, 1.82) is 0 Å². The summed E-state index contributed by atoms with van der Waals surface area (Å²) in [4.78, 5) is 16.6. The zero-order valence-corrected chi connectivity index (χ0v) is 31.0. The molecule has 11 aromatic rings. The first kappa shape index (κ1) is 33.3. The fourth-order valence-corrected chi connectivity index (χ4v) is 7.51. The molecule has 0 amide bonds. The summed E-state index contributed by atoms with van der Waals surface area (Å²) in [5.74, 6) is 1.72. The number of oxazole rings is 3. The van der Waals surface area contributed by atoms with Crippen molar-refractivity contribution in [3.8, 4) is 56.6 Å². The molecule has 7 heteroatoms. The SMILES string of the molecule is c1ccc(-c2cc3nc(-c4ccc(N(c5ccc(-c6nc7ccccc7o6)cc5)c5ccc(-c6nc7ccccc7o6)cc5)cc4)oc3cc2-c2ccccc2)cc1. The van der Waals surface area contributed by atoms with Gasteiger partial charge in [-0.3, -0.25) is 0 Å². The maximum absolute atomic E-state index is 6.48. The lowest BCUT2D eigenvalue weighted by Gasteiger charge is -2.26. The zero-order valence-electron chi connectivity index (χ0n) is 31.0. The summed E-state index contributed by atoms with van der Waals surface area (Å²) in [6.45, 7) is 0. The van der Waals surface area contributed by atoms with Crippen LogP contribution in [0, 0.1) is 0 Å². The average molecular weight is 749 g/mol. The molecule has 0 saturated heterocycles. The topological polar surface area (TPSA) is 81.3 Å². The summed E-state index contributed by atoms with van der Waals surface area (Å²) < 4.78 is 18.6. The van der Waals surface area contributed by atoms with Crippen molar-refractivity contribution < 1.29 is 13.3 Å². The molecule has 3 aromatic heterocycles. The highest BCUT2D eigenvalue weighted by atomic mass is 16.4. The van der Waals surface area contributed by atoms with E-state index in [4.69, 9.17) is 28.2 Å². The van der Waals surface area contributed by atoms with Gasteiger partial charge in [0.15, 0.2) is 16.7 Å². The molecule has 0 atom stereocenters. The quantitative estimate of drug-likeness (QED) is 0.153. The van der Waals surface area contributed by atoms with E-state index >= 15 is 0 Å². The maximum atomic E-state index is 6.48. The molecule has 8 aromatic carbocycles. The van der Waals surface area contributed by atoms with E-state index in [0.29, 0.717) is 17.7 Å². The van der Waals surface area contributed by atoms with Gasteiger partial charge in [0, 0.05) is 33.8 Å². The summed E-state index contributed by atoms with van der Waals surface area (Å²) in [6.07, 6.45) is 0. The van der Waals surface area contributed by atoms with Gasteiger partial charge in [0.2, 0.25) is 17.7 Å². The van der Waals surface area contributed by atoms with Crippen molar-refractivity contribution in [2.75, 3.05) is 4.90 Å². The molecule has 0 aliphatic carbocycles. The zero-order chi connectivity index (χ0) is 38.4. The lowest BCUT2D eigenvalue weighted by Crippen LogP contribution is -2.09. The smallest absolute Gasteiger partial charge is 0.227 e. The number of para-hydroxylation sites is 4. The molecule has 0 bridgehead atoms. The van der Waals surface area contributed by atoms with E-state index < -0.39 is 0 Å². The van der Waals surface area contributed by atoms with E-state index in [0.717, 1.165) is 89.3 Å². The molecule has 3 heterocycles. The number of aromatic nitrogens is 3. The molecular formula is C51H32N4O3. The van der Waals surface area contributed by atoms with Crippen LogP contribution in [0.15, 0.2) is 207 Å². The lowest BCUT2D eigenvalue weighted by molar-refractivity contribution is 0.619. The second kappa shape index (κ2) is 13.9. The second-order valence-corrected chi connectivity index (χ2v) is 14.1. The Bertz CT molecular complexity index is 2940. The first-order valence-electron chi connectivity index (χ1n) is 19.1. The molecular weight excluding hydrogens is 717 g/mol. The minimum atomic E-state index is 0.558. The van der Waals surface area contributed by atoms with Crippen molar-refractivity contribution in [1.82, 2.24) is 15.0 Å². The minimum Gasteiger partial charge on any atom is -0.436 e. The van der Waals surface area contributed by atoms with Gasteiger partial charge in [-0.1, -0.05) is 84.9 Å². The molecule has 0 radical (unpaired) electrons. The first-order chi connectivity index (χ1) is 28.7. The first-order valence-corrected chi connectivity index (χ1v) is 19.1. The van der Waals surface area contributed by atoms with Gasteiger partial charge >= 0.3 is 0 Å². The van der Waals surface area contributed by atoms with Crippen LogP contribution in [0.2, 0.25) is 0 Å². The maximum Gasteiger partial charge on any atom is 0.227 e. The van der Waals surface area contributed by atoms with Crippen molar-refractivity contribution in [2.24, 2.45) is 0 Å². The Kier molecular flexibility index (Phi) is 8.00. The molecule has 0 aliphatic heterocycles. The second-order valence-electron chi connectivity index (χ2n) is 14.1. The van der Waals surface area contributed by atoms with Crippen LogP contribution >= 0.6 is 0 Å². The fraction of sp³-hybridized carbons (Fsp3) is 0. The Balaban J connectivity index is 0.961. The standard InChI is InChI=1S/C51H32N4O3/c1-3-11-33(12-4-1)41-31-45-48(32-42(41)34-13-5-2-6-14-34)58-51(54-45)37-23-29-40(30-24-37)55(38-25-19-35(20-26-38)49-52-43-15-7-9-17-46(43)56-49)39-27-21-36(22-28-39)50-53-44-16-8-10-18-47(44)57-50/h1-32H. The highest BCUT2D eigenvalue weighted by Gasteiger charge is 2.18. The molecule has 11 rings (SSSR count). The van der Waals surface area contributed by atoms with Gasteiger partial charge < -0.3 is 18.2 Å². The minimum absolute atomic E-state index is 0.558. The lowest BCUT2D eigenvalue weighted by atomic mass is 9.94. The summed E-state index contributed by atoms with van der Waals surface area (Å²) in [5, 5.41) is 0. The molecule has 0 unspecified atom stereocenters. The average Bonchev–Trinajstić information content (AvgIpc) is 4.05. The van der Waals surface area contributed by atoms with E-state index in [9.17, 15) is 0 Å². The molecule has 58 heavy (non-hydrogen) atoms. The van der Waals surface area contributed by atoms with Crippen LogP contribution in [0.25, 0.3) is 89.9 Å². The third kappa shape index (κ3) is 6.08. The van der Waals surface area contributed by atoms with Gasteiger partial charge in [0.05, 0.1) is 0 Å². The monoisotopic (exact) mass is 748 g/mol. The number of anilines is 3. The Labute approximate surface area is 333 Å². The number of hydrogen-bond acceptors (Lipinski definition) is 7. The number of rotatable bonds is 8. The predicted octanol–water partition coefficient (Wildman–Crippen LogP) is 13.9. The summed E-state index contributed by atoms with van der Waals surface area (Å²) in [5.41, 5.74) is 14.7. The Morgan fingerprint density at radius 3 is 1.09 bits per heavy atom. The molecule has 0 fully saturated rings. The number of benzene rings is 8. The van der Waals surface area contributed by atoms with Crippen LogP contribution in [0.3, 0.4) is 0 Å². The Morgan fingerprint density at radius 1 is 0.293 bits per heavy atom. The van der Waals surface area contributed by atoms with Crippen LogP contribution in [-0.2, 0) is 0 Å². The summed E-state index contributed by atoms with van der Waals surface area (Å²) >= 11 is 0. The summed E-state index contributed by atoms with van der Waals surface area (Å²) in [7, 11) is 0. The molecule has 0 spiro atoms. The largest absolute Gasteiger partial charge is 0.436 e. The highest BCUT2D eigenvalue weighted by Crippen LogP contribution is 2.40. The van der Waals surface area contributed by atoms with Crippen molar-refractivity contribution in [3.63, 3.8) is 0 Å². The predicted molar refractivity (Wildman–Crippen MR) is 231 cm³/mol. The van der Waals surface area contributed by atoms with Crippen LogP contribution in [0.4, 0.5) is 17.1 Å². The molecule has 0 saturated carbocycles. The van der Waals surface area contributed by atoms with Crippen LogP contribution < -0.4 is 4.90 Å². The van der Waals surface area contributed by atoms with E-state index in [1.54, 1.807) is 0 Å². The van der Waals surface area contributed by atoms with Crippen molar-refractivity contribution in [3.05, 3.63) is 194 Å². The number of hydrogen-bond donors (Lipinski definition) is 0. The van der Waals surface area contributed by atoms with E-state index in [2.05, 4.69) is 114 Å². The van der Waals surface area contributed by atoms with Crippen LogP contribution in [-0.4, -0.2) is 15.0 Å². The van der Waals surface area contributed by atoms with Crippen LogP contribution in [0.5, 0.6) is 0 Å². The third-order valence-electron chi connectivity index (χ3n) is 10.4. The molecule has 274 valence electrons. The highest BCUT2D eigenvalue weighted by molar-refractivity contribution is 5.93. The van der Waals surface area contributed by atoms with Gasteiger partial charge in [-0.15, -0.1) is 0 Å². The van der Waals surface area contributed by atoms with Crippen molar-refractivity contribution in [2.45, 2.75) is 0 Å². The van der Waals surface area contributed by atoms with Gasteiger partial charge in [-0.25, -0.2) is 15.0 Å². The van der Waals surface area contributed by atoms with Gasteiger partial charge in [-0.05, 0) is 131 Å². The fourth-order valence-electron chi connectivity index (χ4n) is 7.51. The Hall–Kier alpha value is -8.03. The Morgan fingerprint density at radius 2 is 0.655 bits per heavy atom. The molecule has 7 nitrogen and oxygen atoms in total.